The van der Waals surface area contributed by atoms with Gasteiger partial charge in [-0.3, -0.25) is 9.59 Å². The Bertz CT molecular complexity index is 425. The fourth-order valence-corrected chi connectivity index (χ4v) is 1.51. The number of aliphatic carboxylic acids is 2. The minimum absolute atomic E-state index is 0.0543. The molecule has 92 valence electrons. The van der Waals surface area contributed by atoms with E-state index in [9.17, 15) is 9.59 Å². The molecule has 0 aliphatic rings. The maximum atomic E-state index is 10.8. The van der Waals surface area contributed by atoms with Crippen LogP contribution in [0, 0.1) is 12.8 Å². The molecule has 1 rings (SSSR count). The first-order valence-electron chi connectivity index (χ1n) is 5.05. The molecule has 0 amide bonds. The summed E-state index contributed by atoms with van der Waals surface area (Å²) >= 11 is 0. The number of carboxylic acid groups (broad SMARTS) is 2. The van der Waals surface area contributed by atoms with E-state index < -0.39 is 17.9 Å². The van der Waals surface area contributed by atoms with E-state index in [2.05, 4.69) is 0 Å². The lowest BCUT2D eigenvalue weighted by atomic mass is 9.98. The largest absolute Gasteiger partial charge is 0.496 e. The summed E-state index contributed by atoms with van der Waals surface area (Å²) in [5.74, 6) is -3.48. The molecular weight excluding hydrogens is 224 g/mol. The Balaban J connectivity index is 2.94. The van der Waals surface area contributed by atoms with Crippen LogP contribution in [0.25, 0.3) is 0 Å². The van der Waals surface area contributed by atoms with Gasteiger partial charge in [-0.05, 0) is 30.5 Å². The number of rotatable bonds is 5. The van der Waals surface area contributed by atoms with Crippen molar-refractivity contribution >= 4 is 11.9 Å². The van der Waals surface area contributed by atoms with Crippen molar-refractivity contribution in [2.24, 2.45) is 5.92 Å². The quantitative estimate of drug-likeness (QED) is 0.756. The van der Waals surface area contributed by atoms with E-state index in [1.165, 1.54) is 7.11 Å². The molecule has 0 spiro atoms. The van der Waals surface area contributed by atoms with Gasteiger partial charge in [0.15, 0.2) is 5.92 Å². The van der Waals surface area contributed by atoms with Crippen LogP contribution in [-0.4, -0.2) is 29.3 Å². The SMILES string of the molecule is COc1cc(CC(C(=O)O)C(=O)O)ccc1C. The molecule has 0 fully saturated rings. The van der Waals surface area contributed by atoms with E-state index in [0.29, 0.717) is 11.3 Å². The van der Waals surface area contributed by atoms with Crippen molar-refractivity contribution in [2.75, 3.05) is 7.11 Å². The molecule has 1 aromatic carbocycles. The molecule has 0 atom stereocenters. The molecular formula is C12H14O5. The lowest BCUT2D eigenvalue weighted by Gasteiger charge is -2.10. The molecule has 2 N–H and O–H groups in total. The van der Waals surface area contributed by atoms with Crippen molar-refractivity contribution in [3.63, 3.8) is 0 Å². The topological polar surface area (TPSA) is 83.8 Å². The number of carbonyl (C=O) groups is 2. The van der Waals surface area contributed by atoms with Crippen LogP contribution in [0.4, 0.5) is 0 Å². The zero-order valence-electron chi connectivity index (χ0n) is 9.64. The van der Waals surface area contributed by atoms with E-state index in [4.69, 9.17) is 14.9 Å². The number of hydrogen-bond acceptors (Lipinski definition) is 3. The van der Waals surface area contributed by atoms with Gasteiger partial charge in [-0.2, -0.15) is 0 Å². The van der Waals surface area contributed by atoms with Crippen LogP contribution in [0.1, 0.15) is 11.1 Å². The zero-order valence-corrected chi connectivity index (χ0v) is 9.64. The first-order valence-corrected chi connectivity index (χ1v) is 5.05. The van der Waals surface area contributed by atoms with E-state index in [-0.39, 0.29) is 6.42 Å². The van der Waals surface area contributed by atoms with E-state index >= 15 is 0 Å². The number of benzene rings is 1. The summed E-state index contributed by atoms with van der Waals surface area (Å²) in [6.45, 7) is 1.86. The van der Waals surface area contributed by atoms with Gasteiger partial charge < -0.3 is 14.9 Å². The van der Waals surface area contributed by atoms with Crippen molar-refractivity contribution in [3.8, 4) is 5.75 Å². The maximum Gasteiger partial charge on any atom is 0.318 e. The smallest absolute Gasteiger partial charge is 0.318 e. The van der Waals surface area contributed by atoms with Crippen LogP contribution in [-0.2, 0) is 16.0 Å². The summed E-state index contributed by atoms with van der Waals surface area (Å²) in [5, 5.41) is 17.5. The fourth-order valence-electron chi connectivity index (χ4n) is 1.51. The van der Waals surface area contributed by atoms with Crippen molar-refractivity contribution in [1.82, 2.24) is 0 Å². The molecule has 5 nitrogen and oxygen atoms in total. The van der Waals surface area contributed by atoms with Crippen LogP contribution in [0.5, 0.6) is 5.75 Å². The van der Waals surface area contributed by atoms with Gasteiger partial charge in [-0.15, -0.1) is 0 Å². The molecule has 0 saturated heterocycles. The summed E-state index contributed by atoms with van der Waals surface area (Å²) in [6.07, 6.45) is -0.0543. The molecule has 0 aliphatic carbocycles. The Morgan fingerprint density at radius 1 is 1.29 bits per heavy atom. The number of methoxy groups -OCH3 is 1. The average molecular weight is 238 g/mol. The summed E-state index contributed by atoms with van der Waals surface area (Å²) in [6, 6.07) is 5.14. The highest BCUT2D eigenvalue weighted by Gasteiger charge is 2.26. The molecule has 0 unspecified atom stereocenters. The number of carboxylic acids is 2. The van der Waals surface area contributed by atoms with Crippen molar-refractivity contribution in [2.45, 2.75) is 13.3 Å². The van der Waals surface area contributed by atoms with Crippen LogP contribution < -0.4 is 4.74 Å². The van der Waals surface area contributed by atoms with Crippen molar-refractivity contribution in [1.29, 1.82) is 0 Å². The second-order valence-corrected chi connectivity index (χ2v) is 3.74. The van der Waals surface area contributed by atoms with Gasteiger partial charge in [0.25, 0.3) is 0 Å². The van der Waals surface area contributed by atoms with Crippen LogP contribution in [0.3, 0.4) is 0 Å². The highest BCUT2D eigenvalue weighted by molar-refractivity contribution is 5.93. The van der Waals surface area contributed by atoms with E-state index in [0.717, 1.165) is 5.56 Å². The van der Waals surface area contributed by atoms with Gasteiger partial charge in [-0.25, -0.2) is 0 Å². The lowest BCUT2D eigenvalue weighted by molar-refractivity contribution is -0.154. The minimum Gasteiger partial charge on any atom is -0.496 e. The average Bonchev–Trinajstić information content (AvgIpc) is 2.26. The highest BCUT2D eigenvalue weighted by Crippen LogP contribution is 2.21. The summed E-state index contributed by atoms with van der Waals surface area (Å²) in [7, 11) is 1.51. The Hall–Kier alpha value is -2.04. The van der Waals surface area contributed by atoms with Gasteiger partial charge in [0.2, 0.25) is 0 Å². The first kappa shape index (κ1) is 13.0. The Morgan fingerprint density at radius 2 is 1.88 bits per heavy atom. The molecule has 0 heterocycles. The fraction of sp³-hybridized carbons (Fsp3) is 0.333. The zero-order chi connectivity index (χ0) is 13.0. The third-order valence-electron chi connectivity index (χ3n) is 2.51. The summed E-state index contributed by atoms with van der Waals surface area (Å²) in [5.41, 5.74) is 1.54. The molecule has 17 heavy (non-hydrogen) atoms. The maximum absolute atomic E-state index is 10.8. The Labute approximate surface area is 98.6 Å². The predicted octanol–water partition coefficient (Wildman–Crippen LogP) is 1.33. The third kappa shape index (κ3) is 3.21. The van der Waals surface area contributed by atoms with Gasteiger partial charge in [0.05, 0.1) is 7.11 Å². The second-order valence-electron chi connectivity index (χ2n) is 3.74. The van der Waals surface area contributed by atoms with Crippen LogP contribution >= 0.6 is 0 Å². The number of hydrogen-bond donors (Lipinski definition) is 2. The predicted molar refractivity (Wildman–Crippen MR) is 60.2 cm³/mol. The highest BCUT2D eigenvalue weighted by atomic mass is 16.5. The van der Waals surface area contributed by atoms with Gasteiger partial charge in [0, 0.05) is 0 Å². The van der Waals surface area contributed by atoms with E-state index in [1.54, 1.807) is 18.2 Å². The standard InChI is InChI=1S/C12H14O5/c1-7-3-4-8(6-10(7)17-2)5-9(11(13)14)12(15)16/h3-4,6,9H,5H2,1-2H3,(H,13,14)(H,15,16). The lowest BCUT2D eigenvalue weighted by Crippen LogP contribution is -2.25. The monoisotopic (exact) mass is 238 g/mol. The normalized spacial score (nSPS) is 10.3. The van der Waals surface area contributed by atoms with Crippen molar-refractivity contribution < 1.29 is 24.5 Å². The van der Waals surface area contributed by atoms with Gasteiger partial charge in [0.1, 0.15) is 5.75 Å². The second kappa shape index (κ2) is 5.34. The molecule has 0 aliphatic heterocycles. The third-order valence-corrected chi connectivity index (χ3v) is 2.51. The molecule has 0 aromatic heterocycles. The summed E-state index contributed by atoms with van der Waals surface area (Å²) in [4.78, 5) is 21.5. The van der Waals surface area contributed by atoms with Gasteiger partial charge >= 0.3 is 11.9 Å². The minimum atomic E-state index is -1.43. The molecule has 1 aromatic rings. The molecule has 0 radical (unpaired) electrons. The molecule has 0 bridgehead atoms. The van der Waals surface area contributed by atoms with Crippen LogP contribution in [0.2, 0.25) is 0 Å². The summed E-state index contributed by atoms with van der Waals surface area (Å²) < 4.78 is 5.09. The van der Waals surface area contributed by atoms with E-state index in [1.807, 2.05) is 6.92 Å². The number of aryl methyl sites for hydroxylation is 1. The Morgan fingerprint density at radius 3 is 2.35 bits per heavy atom. The van der Waals surface area contributed by atoms with Gasteiger partial charge in [-0.1, -0.05) is 12.1 Å². The van der Waals surface area contributed by atoms with Crippen LogP contribution in [0.15, 0.2) is 18.2 Å². The van der Waals surface area contributed by atoms with Crippen molar-refractivity contribution in [3.05, 3.63) is 29.3 Å². The molecule has 5 heteroatoms. The first-order chi connectivity index (χ1) is 7.95. The number of ether oxygens (including phenoxy) is 1. The molecule has 0 saturated carbocycles. The Kier molecular flexibility index (Phi) is 4.09.